The first-order valence-electron chi connectivity index (χ1n) is 6.79. The summed E-state index contributed by atoms with van der Waals surface area (Å²) in [6, 6.07) is 13.6. The van der Waals surface area contributed by atoms with Crippen LogP contribution < -0.4 is 14.8 Å². The Labute approximate surface area is 135 Å². The molecule has 1 N–H and O–H groups in total. The number of benzene rings is 2. The lowest BCUT2D eigenvalue weighted by Crippen LogP contribution is -2.33. The third-order valence-electron chi connectivity index (χ3n) is 2.81. The van der Waals surface area contributed by atoms with Crippen molar-refractivity contribution >= 4 is 11.8 Å². The maximum Gasteiger partial charge on any atom is 0.417 e. The molecule has 24 heavy (non-hydrogen) atoms. The van der Waals surface area contributed by atoms with Crippen LogP contribution in [0.5, 0.6) is 11.5 Å². The zero-order chi connectivity index (χ0) is 17.6. The molecule has 0 heterocycles. The molecular formula is C16H13F4NO3. The Morgan fingerprint density at radius 2 is 1.62 bits per heavy atom. The lowest BCUT2D eigenvalue weighted by molar-refractivity contribution is -0.148. The Balaban J connectivity index is 1.87. The highest BCUT2D eigenvalue weighted by Gasteiger charge is 2.41. The molecule has 0 bridgehead atoms. The molecule has 0 saturated carbocycles. The number of hydrogen-bond acceptors (Lipinski definition) is 3. The van der Waals surface area contributed by atoms with Crippen molar-refractivity contribution in [3.63, 3.8) is 0 Å². The van der Waals surface area contributed by atoms with Crippen molar-refractivity contribution in [3.8, 4) is 11.5 Å². The second-order valence-corrected chi connectivity index (χ2v) is 4.70. The number of rotatable bonds is 6. The fourth-order valence-corrected chi connectivity index (χ4v) is 1.62. The van der Waals surface area contributed by atoms with Gasteiger partial charge in [0.2, 0.25) is 0 Å². The van der Waals surface area contributed by atoms with Crippen LogP contribution in [0.15, 0.2) is 54.6 Å². The second-order valence-electron chi connectivity index (χ2n) is 4.70. The topological polar surface area (TPSA) is 47.6 Å². The van der Waals surface area contributed by atoms with Gasteiger partial charge < -0.3 is 9.47 Å². The Morgan fingerprint density at radius 1 is 1.00 bits per heavy atom. The monoisotopic (exact) mass is 343 g/mol. The van der Waals surface area contributed by atoms with Crippen LogP contribution >= 0.6 is 0 Å². The highest BCUT2D eigenvalue weighted by atomic mass is 19.3. The summed E-state index contributed by atoms with van der Waals surface area (Å²) in [5.74, 6) is -3.90. The van der Waals surface area contributed by atoms with E-state index in [9.17, 15) is 22.4 Å². The van der Waals surface area contributed by atoms with Crippen molar-refractivity contribution in [2.75, 3.05) is 11.9 Å². The van der Waals surface area contributed by atoms with E-state index in [4.69, 9.17) is 4.74 Å². The van der Waals surface area contributed by atoms with Crippen molar-refractivity contribution in [2.24, 2.45) is 0 Å². The number of ether oxygens (including phenoxy) is 2. The van der Waals surface area contributed by atoms with E-state index in [0.29, 0.717) is 11.4 Å². The van der Waals surface area contributed by atoms with Crippen LogP contribution in [0, 0.1) is 0 Å². The van der Waals surface area contributed by atoms with Gasteiger partial charge >= 0.3 is 18.4 Å². The first-order valence-corrected chi connectivity index (χ1v) is 6.79. The average molecular weight is 343 g/mol. The zero-order valence-electron chi connectivity index (χ0n) is 12.2. The highest BCUT2D eigenvalue weighted by molar-refractivity contribution is 5.86. The van der Waals surface area contributed by atoms with Crippen LogP contribution in [0.3, 0.4) is 0 Å². The van der Waals surface area contributed by atoms with Gasteiger partial charge in [-0.15, -0.1) is 0 Å². The summed E-state index contributed by atoms with van der Waals surface area (Å²) in [4.78, 5) is 11.7. The Morgan fingerprint density at radius 3 is 2.21 bits per heavy atom. The number of alkyl halides is 4. The molecule has 0 radical (unpaired) electrons. The van der Waals surface area contributed by atoms with E-state index in [2.05, 4.69) is 10.1 Å². The molecule has 0 aliphatic heterocycles. The third kappa shape index (κ3) is 5.15. The highest BCUT2D eigenvalue weighted by Crippen LogP contribution is 2.25. The molecule has 2 rings (SSSR count). The zero-order valence-corrected chi connectivity index (χ0v) is 12.2. The number of carbonyl (C=O) groups excluding carboxylic acids is 1. The summed E-state index contributed by atoms with van der Waals surface area (Å²) >= 11 is 0. The van der Waals surface area contributed by atoms with Crippen LogP contribution in [0.1, 0.15) is 0 Å². The molecule has 0 atom stereocenters. The van der Waals surface area contributed by atoms with Gasteiger partial charge in [-0.2, -0.15) is 8.78 Å². The molecule has 2 aromatic carbocycles. The van der Waals surface area contributed by atoms with Crippen LogP contribution in [0.4, 0.5) is 28.0 Å². The molecule has 2 aromatic rings. The minimum atomic E-state index is -4.23. The van der Waals surface area contributed by atoms with E-state index in [1.54, 1.807) is 30.3 Å². The van der Waals surface area contributed by atoms with Gasteiger partial charge in [-0.25, -0.2) is 13.6 Å². The van der Waals surface area contributed by atoms with Crippen LogP contribution in [-0.2, 0) is 0 Å². The summed E-state index contributed by atoms with van der Waals surface area (Å²) in [6.45, 7) is -1.44. The lowest BCUT2D eigenvalue weighted by Gasteiger charge is -2.16. The predicted molar refractivity (Wildman–Crippen MR) is 79.0 cm³/mol. The minimum absolute atomic E-state index is 0.0303. The maximum absolute atomic E-state index is 12.7. The van der Waals surface area contributed by atoms with Gasteiger partial charge in [-0.05, 0) is 36.4 Å². The lowest BCUT2D eigenvalue weighted by atomic mass is 10.3. The van der Waals surface area contributed by atoms with Crippen LogP contribution in [-0.4, -0.2) is 25.0 Å². The number of nitrogens with one attached hydrogen (secondary N) is 1. The molecule has 0 unspecified atom stereocenters. The van der Waals surface area contributed by atoms with Gasteiger partial charge in [0.1, 0.15) is 11.5 Å². The summed E-state index contributed by atoms with van der Waals surface area (Å²) < 4.78 is 59.1. The average Bonchev–Trinajstić information content (AvgIpc) is 2.55. The standard InChI is InChI=1S/C16H13F4NO3/c17-14(18)16(19,20)10-23-12-8-6-11(7-9-12)21-15(22)24-13-4-2-1-3-5-13/h1-9,14H,10H2,(H,21,22). The molecule has 0 saturated heterocycles. The number of hydrogen-bond donors (Lipinski definition) is 1. The van der Waals surface area contributed by atoms with Crippen LogP contribution in [0.25, 0.3) is 0 Å². The second kappa shape index (κ2) is 7.67. The molecule has 0 aliphatic rings. The van der Waals surface area contributed by atoms with E-state index < -0.39 is 25.0 Å². The molecule has 0 fully saturated rings. The van der Waals surface area contributed by atoms with Crippen LogP contribution in [0.2, 0.25) is 0 Å². The third-order valence-corrected chi connectivity index (χ3v) is 2.81. The molecule has 0 aromatic heterocycles. The molecule has 1 amide bonds. The molecule has 128 valence electrons. The smallest absolute Gasteiger partial charge is 0.417 e. The van der Waals surface area contributed by atoms with Gasteiger partial charge in [-0.3, -0.25) is 5.32 Å². The van der Waals surface area contributed by atoms with Gasteiger partial charge in [-0.1, -0.05) is 18.2 Å². The maximum atomic E-state index is 12.7. The van der Waals surface area contributed by atoms with Gasteiger partial charge in [0.05, 0.1) is 0 Å². The van der Waals surface area contributed by atoms with E-state index in [-0.39, 0.29) is 5.75 Å². The van der Waals surface area contributed by atoms with Crippen molar-refractivity contribution in [3.05, 3.63) is 54.6 Å². The van der Waals surface area contributed by atoms with E-state index >= 15 is 0 Å². The van der Waals surface area contributed by atoms with E-state index in [1.165, 1.54) is 24.3 Å². The number of carbonyl (C=O) groups is 1. The molecule has 4 nitrogen and oxygen atoms in total. The molecule has 0 aliphatic carbocycles. The number of halogens is 4. The molecule has 0 spiro atoms. The van der Waals surface area contributed by atoms with Crippen molar-refractivity contribution < 1.29 is 31.8 Å². The number of amides is 1. The van der Waals surface area contributed by atoms with Gasteiger partial charge in [0, 0.05) is 5.69 Å². The fraction of sp³-hybridized carbons (Fsp3) is 0.188. The predicted octanol–water partition coefficient (Wildman–Crippen LogP) is 4.58. The molecule has 8 heteroatoms. The molecular weight excluding hydrogens is 330 g/mol. The summed E-state index contributed by atoms with van der Waals surface area (Å²) in [6.07, 6.45) is -4.54. The number of anilines is 1. The van der Waals surface area contributed by atoms with E-state index in [0.717, 1.165) is 0 Å². The first kappa shape index (κ1) is 17.6. The largest absolute Gasteiger partial charge is 0.487 e. The Hall–Kier alpha value is -2.77. The van der Waals surface area contributed by atoms with E-state index in [1.807, 2.05) is 0 Å². The SMILES string of the molecule is O=C(Nc1ccc(OCC(F)(F)C(F)F)cc1)Oc1ccccc1. The van der Waals surface area contributed by atoms with Crippen molar-refractivity contribution in [2.45, 2.75) is 12.3 Å². The first-order chi connectivity index (χ1) is 11.4. The number of para-hydroxylation sites is 1. The minimum Gasteiger partial charge on any atom is -0.487 e. The Bertz CT molecular complexity index is 663. The van der Waals surface area contributed by atoms with Gasteiger partial charge in [0.15, 0.2) is 6.61 Å². The van der Waals surface area contributed by atoms with Crippen molar-refractivity contribution in [1.82, 2.24) is 0 Å². The summed E-state index contributed by atoms with van der Waals surface area (Å²) in [5.41, 5.74) is 0.323. The summed E-state index contributed by atoms with van der Waals surface area (Å²) in [5, 5.41) is 2.42. The quantitative estimate of drug-likeness (QED) is 0.781. The van der Waals surface area contributed by atoms with Crippen molar-refractivity contribution in [1.29, 1.82) is 0 Å². The van der Waals surface area contributed by atoms with Gasteiger partial charge in [0.25, 0.3) is 0 Å². The Kier molecular flexibility index (Phi) is 5.62. The fourth-order valence-electron chi connectivity index (χ4n) is 1.62. The normalized spacial score (nSPS) is 11.2. The summed E-state index contributed by atoms with van der Waals surface area (Å²) in [7, 11) is 0.